The lowest BCUT2D eigenvalue weighted by Crippen LogP contribution is -2.36. The van der Waals surface area contributed by atoms with Crippen LogP contribution in [-0.2, 0) is 4.79 Å². The highest BCUT2D eigenvalue weighted by atomic mass is 19.4. The molecule has 9 heteroatoms. The highest BCUT2D eigenvalue weighted by Gasteiger charge is 2.31. The Morgan fingerprint density at radius 2 is 1.87 bits per heavy atom. The van der Waals surface area contributed by atoms with Crippen LogP contribution in [0.25, 0.3) is 5.57 Å². The molecule has 2 aliphatic rings. The molecule has 31 heavy (non-hydrogen) atoms. The highest BCUT2D eigenvalue weighted by molar-refractivity contribution is 6.02. The molecule has 2 aromatic carbocycles. The first-order valence-corrected chi connectivity index (χ1v) is 9.39. The molecule has 0 saturated heterocycles. The maximum absolute atomic E-state index is 12.4. The smallest absolute Gasteiger partial charge is 0.482 e. The van der Waals surface area contributed by atoms with Gasteiger partial charge in [-0.3, -0.25) is 4.79 Å². The Hall–Kier alpha value is -3.46. The van der Waals surface area contributed by atoms with E-state index in [0.717, 1.165) is 16.7 Å². The Morgan fingerprint density at radius 3 is 2.55 bits per heavy atom. The molecular formula is C22H19F3N2O4. The zero-order chi connectivity index (χ0) is 22.3. The van der Waals surface area contributed by atoms with Gasteiger partial charge in [0.25, 0.3) is 5.91 Å². The van der Waals surface area contributed by atoms with E-state index in [4.69, 9.17) is 4.74 Å². The van der Waals surface area contributed by atoms with Gasteiger partial charge in [-0.05, 0) is 48.9 Å². The van der Waals surface area contributed by atoms with Crippen LogP contribution < -0.4 is 19.3 Å². The van der Waals surface area contributed by atoms with Gasteiger partial charge < -0.3 is 24.4 Å². The molecule has 0 bridgehead atoms. The largest absolute Gasteiger partial charge is 0.573 e. The quantitative estimate of drug-likeness (QED) is 0.793. The number of halogens is 3. The van der Waals surface area contributed by atoms with E-state index in [0.29, 0.717) is 17.1 Å². The third-order valence-electron chi connectivity index (χ3n) is 5.10. The van der Waals surface area contributed by atoms with Crippen molar-refractivity contribution in [1.82, 2.24) is 0 Å². The second-order valence-electron chi connectivity index (χ2n) is 7.15. The summed E-state index contributed by atoms with van der Waals surface area (Å²) < 4.78 is 46.7. The number of aliphatic hydroxyl groups excluding tert-OH is 1. The summed E-state index contributed by atoms with van der Waals surface area (Å²) in [6.07, 6.45) is -2.48. The van der Waals surface area contributed by atoms with E-state index in [9.17, 15) is 23.1 Å². The van der Waals surface area contributed by atoms with Gasteiger partial charge in [-0.1, -0.05) is 12.1 Å². The van der Waals surface area contributed by atoms with Crippen molar-refractivity contribution in [3.63, 3.8) is 0 Å². The summed E-state index contributed by atoms with van der Waals surface area (Å²) in [7, 11) is 1.67. The number of hydrogen-bond donors (Lipinski definition) is 1. The average molecular weight is 432 g/mol. The van der Waals surface area contributed by atoms with Crippen LogP contribution in [0.3, 0.4) is 0 Å². The molecule has 0 saturated carbocycles. The Morgan fingerprint density at radius 1 is 1.16 bits per heavy atom. The Bertz CT molecular complexity index is 1080. The predicted octanol–water partition coefficient (Wildman–Crippen LogP) is 4.07. The first kappa shape index (κ1) is 20.8. The van der Waals surface area contributed by atoms with E-state index >= 15 is 0 Å². The van der Waals surface area contributed by atoms with Crippen LogP contribution in [0.4, 0.5) is 24.5 Å². The maximum atomic E-state index is 12.4. The number of benzene rings is 2. The number of hydrogen-bond acceptors (Lipinski definition) is 5. The average Bonchev–Trinajstić information content (AvgIpc) is 2.70. The van der Waals surface area contributed by atoms with Crippen molar-refractivity contribution in [2.45, 2.75) is 19.5 Å². The molecule has 4 rings (SSSR count). The number of amides is 1. The van der Waals surface area contributed by atoms with E-state index in [2.05, 4.69) is 4.74 Å². The second kappa shape index (κ2) is 7.66. The molecule has 6 nitrogen and oxygen atoms in total. The van der Waals surface area contributed by atoms with Crippen LogP contribution in [-0.4, -0.2) is 37.3 Å². The second-order valence-corrected chi connectivity index (χ2v) is 7.15. The van der Waals surface area contributed by atoms with Gasteiger partial charge >= 0.3 is 6.36 Å². The molecule has 0 fully saturated rings. The molecule has 2 aliphatic heterocycles. The van der Waals surface area contributed by atoms with Gasteiger partial charge in [-0.15, -0.1) is 13.2 Å². The number of alkyl halides is 3. The molecule has 2 aromatic rings. The van der Waals surface area contributed by atoms with Crippen LogP contribution in [0.1, 0.15) is 12.5 Å². The lowest BCUT2D eigenvalue weighted by Gasteiger charge is -2.33. The molecule has 0 aliphatic carbocycles. The summed E-state index contributed by atoms with van der Waals surface area (Å²) in [5, 5.41) is 10.6. The number of para-hydroxylation sites is 1. The van der Waals surface area contributed by atoms with Crippen molar-refractivity contribution in [1.29, 1.82) is 0 Å². The maximum Gasteiger partial charge on any atom is 0.573 e. The standard InChI is InChI=1S/C22H19F3N2O4/c1-13-10-19(28)27(14-6-8-15(9-7-14)31-22(23,24)25)11-17(13)16-4-3-5-18-21(16)26(2)20(29)12-30-18/h3-11,19,28H,12H2,1-2H3. The van der Waals surface area contributed by atoms with Crippen LogP contribution in [0.5, 0.6) is 11.5 Å². The van der Waals surface area contributed by atoms with Crippen molar-refractivity contribution in [2.24, 2.45) is 0 Å². The Balaban J connectivity index is 1.72. The fraction of sp³-hybridized carbons (Fsp3) is 0.227. The Labute approximate surface area is 176 Å². The van der Waals surface area contributed by atoms with Gasteiger partial charge in [0.1, 0.15) is 11.5 Å². The summed E-state index contributed by atoms with van der Waals surface area (Å²) in [6, 6.07) is 10.6. The number of anilines is 2. The molecule has 1 N–H and O–H groups in total. The minimum Gasteiger partial charge on any atom is -0.482 e. The zero-order valence-electron chi connectivity index (χ0n) is 16.7. The number of aliphatic hydroxyl groups is 1. The summed E-state index contributed by atoms with van der Waals surface area (Å²) in [5.74, 6) is 0.0304. The van der Waals surface area contributed by atoms with E-state index < -0.39 is 12.6 Å². The molecule has 1 unspecified atom stereocenters. The SMILES string of the molecule is CC1=CC(O)N(c2ccc(OC(F)(F)F)cc2)C=C1c1cccc2c1N(C)C(=O)CO2. The minimum absolute atomic E-state index is 0.0436. The van der Waals surface area contributed by atoms with Crippen molar-refractivity contribution in [3.05, 3.63) is 65.9 Å². The van der Waals surface area contributed by atoms with Gasteiger partial charge in [0.2, 0.25) is 0 Å². The normalized spacial score (nSPS) is 18.8. The summed E-state index contributed by atoms with van der Waals surface area (Å²) in [4.78, 5) is 15.2. The topological polar surface area (TPSA) is 62.2 Å². The molecule has 1 amide bonds. The third kappa shape index (κ3) is 4.09. The third-order valence-corrected chi connectivity index (χ3v) is 5.10. The van der Waals surface area contributed by atoms with Gasteiger partial charge in [-0.25, -0.2) is 0 Å². The molecule has 0 radical (unpaired) electrons. The Kier molecular flexibility index (Phi) is 5.14. The first-order chi connectivity index (χ1) is 14.6. The van der Waals surface area contributed by atoms with Gasteiger partial charge in [-0.2, -0.15) is 0 Å². The van der Waals surface area contributed by atoms with E-state index in [1.807, 2.05) is 19.1 Å². The first-order valence-electron chi connectivity index (χ1n) is 9.39. The zero-order valence-corrected chi connectivity index (χ0v) is 16.7. The molecule has 0 aromatic heterocycles. The van der Waals surface area contributed by atoms with Crippen molar-refractivity contribution < 1.29 is 32.5 Å². The number of rotatable bonds is 3. The lowest BCUT2D eigenvalue weighted by atomic mass is 9.94. The lowest BCUT2D eigenvalue weighted by molar-refractivity contribution is -0.274. The molecule has 2 heterocycles. The summed E-state index contributed by atoms with van der Waals surface area (Å²) in [5.41, 5.74) is 3.33. The van der Waals surface area contributed by atoms with Crippen LogP contribution >= 0.6 is 0 Å². The van der Waals surface area contributed by atoms with Crippen molar-refractivity contribution in [3.8, 4) is 11.5 Å². The number of carbonyl (C=O) groups is 1. The minimum atomic E-state index is -4.78. The number of carbonyl (C=O) groups excluding carboxylic acids is 1. The predicted molar refractivity (Wildman–Crippen MR) is 109 cm³/mol. The monoisotopic (exact) mass is 432 g/mol. The van der Waals surface area contributed by atoms with Gasteiger partial charge in [0.15, 0.2) is 12.8 Å². The van der Waals surface area contributed by atoms with Crippen molar-refractivity contribution in [2.75, 3.05) is 23.5 Å². The molecule has 162 valence electrons. The number of ether oxygens (including phenoxy) is 2. The van der Waals surface area contributed by atoms with Gasteiger partial charge in [0.05, 0.1) is 5.69 Å². The van der Waals surface area contributed by atoms with E-state index in [1.165, 1.54) is 34.1 Å². The van der Waals surface area contributed by atoms with E-state index in [-0.39, 0.29) is 18.3 Å². The van der Waals surface area contributed by atoms with Gasteiger partial charge in [0, 0.05) is 30.1 Å². The number of fused-ring (bicyclic) bond motifs is 1. The summed E-state index contributed by atoms with van der Waals surface area (Å²) >= 11 is 0. The van der Waals surface area contributed by atoms with Crippen molar-refractivity contribution >= 4 is 22.9 Å². The van der Waals surface area contributed by atoms with Crippen LogP contribution in [0.2, 0.25) is 0 Å². The fourth-order valence-electron chi connectivity index (χ4n) is 3.60. The fourth-order valence-corrected chi connectivity index (χ4v) is 3.60. The molecule has 1 atom stereocenters. The number of nitrogens with zero attached hydrogens (tertiary/aromatic N) is 2. The number of allylic oxidation sites excluding steroid dienone is 2. The van der Waals surface area contributed by atoms with Crippen LogP contribution in [0, 0.1) is 0 Å². The van der Waals surface area contributed by atoms with Crippen LogP contribution in [0.15, 0.2) is 60.3 Å². The highest BCUT2D eigenvalue weighted by Crippen LogP contribution is 2.42. The summed E-state index contributed by atoms with van der Waals surface area (Å²) in [6.45, 7) is 1.79. The molecular weight excluding hydrogens is 413 g/mol. The number of likely N-dealkylation sites (N-methyl/N-ethyl adjacent to an activating group) is 1. The van der Waals surface area contributed by atoms with E-state index in [1.54, 1.807) is 25.4 Å². The molecule has 0 spiro atoms.